The maximum atomic E-state index is 11.5. The van der Waals surface area contributed by atoms with Crippen LogP contribution in [0.25, 0.3) is 6.08 Å². The van der Waals surface area contributed by atoms with Crippen LogP contribution in [0.15, 0.2) is 46.4 Å². The highest BCUT2D eigenvalue weighted by Gasteiger charge is 2.01. The Morgan fingerprint density at radius 1 is 1.35 bits per heavy atom. The molecule has 0 radical (unpaired) electrons. The molecule has 0 aliphatic carbocycles. The Kier molecular flexibility index (Phi) is 4.06. The fourth-order valence-electron chi connectivity index (χ4n) is 1.20. The van der Waals surface area contributed by atoms with E-state index in [4.69, 9.17) is 0 Å². The summed E-state index contributed by atoms with van der Waals surface area (Å²) in [6.45, 7) is 0. The van der Waals surface area contributed by atoms with Gasteiger partial charge >= 0.3 is 0 Å². The third kappa shape index (κ3) is 3.80. The van der Waals surface area contributed by atoms with E-state index in [1.807, 2.05) is 30.3 Å². The molecule has 3 nitrogen and oxygen atoms in total. The van der Waals surface area contributed by atoms with E-state index in [0.717, 1.165) is 9.35 Å². The first-order valence-electron chi connectivity index (χ1n) is 4.89. The number of hydrogen-bond donors (Lipinski definition) is 1. The van der Waals surface area contributed by atoms with E-state index >= 15 is 0 Å². The molecular formula is C12H9BrN2OS. The van der Waals surface area contributed by atoms with Crippen LogP contribution in [0.1, 0.15) is 5.56 Å². The van der Waals surface area contributed by atoms with Crippen molar-refractivity contribution in [2.24, 2.45) is 0 Å². The minimum Gasteiger partial charge on any atom is -0.298 e. The van der Waals surface area contributed by atoms with Crippen LogP contribution in [0.4, 0.5) is 5.13 Å². The highest BCUT2D eigenvalue weighted by Crippen LogP contribution is 2.22. The number of anilines is 1. The molecule has 1 aromatic carbocycles. The predicted molar refractivity (Wildman–Crippen MR) is 73.9 cm³/mol. The minimum atomic E-state index is -0.185. The van der Waals surface area contributed by atoms with Crippen molar-refractivity contribution in [1.29, 1.82) is 0 Å². The van der Waals surface area contributed by atoms with Crippen molar-refractivity contribution in [3.05, 3.63) is 52.0 Å². The molecule has 2 rings (SSSR count). The summed E-state index contributed by atoms with van der Waals surface area (Å²) in [5, 5.41) is 3.27. The van der Waals surface area contributed by atoms with Gasteiger partial charge in [-0.05, 0) is 27.6 Å². The molecular weight excluding hydrogens is 300 g/mol. The van der Waals surface area contributed by atoms with Crippen LogP contribution in [-0.4, -0.2) is 10.9 Å². The molecule has 0 saturated carbocycles. The number of benzene rings is 1. The lowest BCUT2D eigenvalue weighted by molar-refractivity contribution is -0.111. The first-order valence-corrected chi connectivity index (χ1v) is 6.50. The molecule has 0 aliphatic heterocycles. The van der Waals surface area contributed by atoms with Gasteiger partial charge in [0, 0.05) is 6.08 Å². The summed E-state index contributed by atoms with van der Waals surface area (Å²) in [5.74, 6) is -0.185. The third-order valence-electron chi connectivity index (χ3n) is 1.93. The van der Waals surface area contributed by atoms with Crippen molar-refractivity contribution in [1.82, 2.24) is 4.98 Å². The normalized spacial score (nSPS) is 10.6. The lowest BCUT2D eigenvalue weighted by Gasteiger charge is -1.95. The number of halogens is 1. The number of hydrogen-bond acceptors (Lipinski definition) is 3. The minimum absolute atomic E-state index is 0.185. The monoisotopic (exact) mass is 308 g/mol. The zero-order valence-corrected chi connectivity index (χ0v) is 11.2. The maximum absolute atomic E-state index is 11.5. The Morgan fingerprint density at radius 2 is 2.12 bits per heavy atom. The standard InChI is InChI=1S/C12H9BrN2OS/c13-10-8-14-12(17-10)15-11(16)7-6-9-4-2-1-3-5-9/h1-8H,(H,14,15,16)/b7-6+. The fourth-order valence-corrected chi connectivity index (χ4v) is 2.30. The zero-order valence-electron chi connectivity index (χ0n) is 8.76. The van der Waals surface area contributed by atoms with Gasteiger partial charge in [0.15, 0.2) is 5.13 Å². The van der Waals surface area contributed by atoms with Gasteiger partial charge in [0.2, 0.25) is 5.91 Å². The molecule has 0 atom stereocenters. The van der Waals surface area contributed by atoms with Crippen LogP contribution < -0.4 is 5.32 Å². The van der Waals surface area contributed by atoms with Crippen LogP contribution in [0.3, 0.4) is 0 Å². The Balaban J connectivity index is 1.96. The second-order valence-corrected chi connectivity index (χ2v) is 5.61. The Labute approximate surface area is 111 Å². The number of nitrogens with zero attached hydrogens (tertiary/aromatic N) is 1. The van der Waals surface area contributed by atoms with Crippen molar-refractivity contribution in [3.8, 4) is 0 Å². The molecule has 0 unspecified atom stereocenters. The van der Waals surface area contributed by atoms with Gasteiger partial charge < -0.3 is 0 Å². The van der Waals surface area contributed by atoms with Crippen molar-refractivity contribution in [2.45, 2.75) is 0 Å². The largest absolute Gasteiger partial charge is 0.298 e. The van der Waals surface area contributed by atoms with Gasteiger partial charge in [0.25, 0.3) is 0 Å². The SMILES string of the molecule is O=C(/C=C/c1ccccc1)Nc1ncc(Br)s1. The Hall–Kier alpha value is -1.46. The summed E-state index contributed by atoms with van der Waals surface area (Å²) in [6.07, 6.45) is 4.91. The summed E-state index contributed by atoms with van der Waals surface area (Å²) in [5.41, 5.74) is 0.989. The van der Waals surface area contributed by atoms with Crippen molar-refractivity contribution < 1.29 is 4.79 Å². The average molecular weight is 309 g/mol. The molecule has 1 amide bonds. The predicted octanol–water partition coefficient (Wildman–Crippen LogP) is 3.56. The molecule has 2 aromatic rings. The molecule has 86 valence electrons. The van der Waals surface area contributed by atoms with Crippen LogP contribution in [0.2, 0.25) is 0 Å². The number of carbonyl (C=O) groups excluding carboxylic acids is 1. The second kappa shape index (κ2) is 5.75. The maximum Gasteiger partial charge on any atom is 0.250 e. The van der Waals surface area contributed by atoms with Gasteiger partial charge in [0.05, 0.1) is 9.98 Å². The summed E-state index contributed by atoms with van der Waals surface area (Å²) in [6, 6.07) is 9.66. The first kappa shape index (κ1) is 12.0. The summed E-state index contributed by atoms with van der Waals surface area (Å²) in [7, 11) is 0. The number of thiazole rings is 1. The van der Waals surface area contributed by atoms with Crippen molar-refractivity contribution >= 4 is 44.4 Å². The number of amides is 1. The zero-order chi connectivity index (χ0) is 12.1. The van der Waals surface area contributed by atoms with E-state index in [1.54, 1.807) is 12.3 Å². The van der Waals surface area contributed by atoms with Gasteiger partial charge in [-0.25, -0.2) is 4.98 Å². The molecule has 0 fully saturated rings. The summed E-state index contributed by atoms with van der Waals surface area (Å²) >= 11 is 4.66. The van der Waals surface area contributed by atoms with Gasteiger partial charge in [0.1, 0.15) is 0 Å². The number of nitrogens with one attached hydrogen (secondary N) is 1. The number of rotatable bonds is 3. The van der Waals surface area contributed by atoms with Gasteiger partial charge in [-0.2, -0.15) is 0 Å². The lowest BCUT2D eigenvalue weighted by Crippen LogP contribution is -2.06. The number of carbonyl (C=O) groups is 1. The van der Waals surface area contributed by atoms with E-state index in [9.17, 15) is 4.79 Å². The number of aromatic nitrogens is 1. The molecule has 1 heterocycles. The van der Waals surface area contributed by atoms with E-state index in [-0.39, 0.29) is 5.91 Å². The van der Waals surface area contributed by atoms with Crippen LogP contribution in [0, 0.1) is 0 Å². The third-order valence-corrected chi connectivity index (χ3v) is 3.33. The lowest BCUT2D eigenvalue weighted by atomic mass is 10.2. The molecule has 17 heavy (non-hydrogen) atoms. The molecule has 0 aliphatic rings. The highest BCUT2D eigenvalue weighted by atomic mass is 79.9. The van der Waals surface area contributed by atoms with Gasteiger partial charge in [-0.15, -0.1) is 0 Å². The average Bonchev–Trinajstić information content (AvgIpc) is 2.73. The van der Waals surface area contributed by atoms with Crippen molar-refractivity contribution in [2.75, 3.05) is 5.32 Å². The quantitative estimate of drug-likeness (QED) is 0.881. The van der Waals surface area contributed by atoms with E-state index in [0.29, 0.717) is 5.13 Å². The van der Waals surface area contributed by atoms with Gasteiger partial charge in [-0.1, -0.05) is 41.7 Å². The van der Waals surface area contributed by atoms with Crippen LogP contribution >= 0.6 is 27.3 Å². The van der Waals surface area contributed by atoms with Crippen LogP contribution in [0.5, 0.6) is 0 Å². The molecule has 0 saturated heterocycles. The van der Waals surface area contributed by atoms with Crippen molar-refractivity contribution in [3.63, 3.8) is 0 Å². The smallest absolute Gasteiger partial charge is 0.250 e. The molecule has 1 aromatic heterocycles. The van der Waals surface area contributed by atoms with E-state index in [1.165, 1.54) is 17.4 Å². The van der Waals surface area contributed by atoms with Crippen LogP contribution in [-0.2, 0) is 4.79 Å². The first-order chi connectivity index (χ1) is 8.24. The molecule has 5 heteroatoms. The topological polar surface area (TPSA) is 42.0 Å². The van der Waals surface area contributed by atoms with E-state index < -0.39 is 0 Å². The Bertz CT molecular complexity index is 536. The molecule has 0 spiro atoms. The Morgan fingerprint density at radius 3 is 2.76 bits per heavy atom. The summed E-state index contributed by atoms with van der Waals surface area (Å²) in [4.78, 5) is 15.6. The second-order valence-electron chi connectivity index (χ2n) is 3.20. The fraction of sp³-hybridized carbons (Fsp3) is 0. The van der Waals surface area contributed by atoms with Gasteiger partial charge in [-0.3, -0.25) is 10.1 Å². The highest BCUT2D eigenvalue weighted by molar-refractivity contribution is 9.11. The summed E-state index contributed by atoms with van der Waals surface area (Å²) < 4.78 is 0.889. The van der Waals surface area contributed by atoms with E-state index in [2.05, 4.69) is 26.2 Å². The molecule has 0 bridgehead atoms. The molecule has 1 N–H and O–H groups in total.